The zero-order chi connectivity index (χ0) is 15.7. The number of hydrogen-bond donors (Lipinski definition) is 0. The fourth-order valence-corrected chi connectivity index (χ4v) is 1.56. The quantitative estimate of drug-likeness (QED) is 0.475. The molecule has 0 aliphatic heterocycles. The first kappa shape index (κ1) is 15.5. The topological polar surface area (TPSA) is 35.5 Å². The number of alkyl halides is 2. The molecule has 0 bridgehead atoms. The summed E-state index contributed by atoms with van der Waals surface area (Å²) in [6.45, 7) is -4.71. The van der Waals surface area contributed by atoms with Crippen molar-refractivity contribution in [2.24, 2.45) is 5.92 Å². The van der Waals surface area contributed by atoms with Gasteiger partial charge in [-0.15, -0.1) is 0 Å². The summed E-state index contributed by atoms with van der Waals surface area (Å²) in [5.41, 5.74) is -1.21. The summed E-state index contributed by atoms with van der Waals surface area (Å²) < 4.78 is 85.5. The van der Waals surface area contributed by atoms with Gasteiger partial charge in [-0.1, -0.05) is 0 Å². The lowest BCUT2D eigenvalue weighted by Gasteiger charge is -2.12. The largest absolute Gasteiger partial charge is 0.460 e. The third-order valence-electron chi connectivity index (χ3n) is 2.79. The molecule has 0 amide bonds. The Labute approximate surface area is 114 Å². The van der Waals surface area contributed by atoms with Crippen molar-refractivity contribution in [3.63, 3.8) is 0 Å². The van der Waals surface area contributed by atoms with E-state index in [-0.39, 0.29) is 5.92 Å². The molecule has 0 unspecified atom stereocenters. The summed E-state index contributed by atoms with van der Waals surface area (Å²) in [5.74, 6) is -11.1. The molecule has 0 radical (unpaired) electrons. The maximum Gasteiger partial charge on any atom is 0.387 e. The molecule has 116 valence electrons. The predicted octanol–water partition coefficient (Wildman–Crippen LogP) is 3.30. The lowest BCUT2D eigenvalue weighted by Crippen LogP contribution is -2.14. The molecule has 9 heteroatoms. The van der Waals surface area contributed by atoms with Gasteiger partial charge in [-0.3, -0.25) is 4.79 Å². The molecule has 1 aromatic rings. The number of halogens is 6. The fraction of sp³-hybridized carbons (Fsp3) is 0.417. The van der Waals surface area contributed by atoms with Crippen LogP contribution in [-0.2, 0) is 16.1 Å². The minimum Gasteiger partial charge on any atom is -0.460 e. The van der Waals surface area contributed by atoms with Gasteiger partial charge in [0.15, 0.2) is 11.6 Å². The van der Waals surface area contributed by atoms with Gasteiger partial charge in [-0.25, -0.2) is 8.78 Å². The Morgan fingerprint density at radius 3 is 2.00 bits per heavy atom. The lowest BCUT2D eigenvalue weighted by molar-refractivity contribution is -0.146. The standard InChI is InChI=1S/C12H8F6O3/c13-6-5(3-20-11(19)4-1-2-4)7(14)9(16)10(8(6)15)21-12(17)18/h4,12H,1-3H2. The van der Waals surface area contributed by atoms with Gasteiger partial charge in [0.1, 0.15) is 6.61 Å². The second-order valence-electron chi connectivity index (χ2n) is 4.32. The van der Waals surface area contributed by atoms with Crippen molar-refractivity contribution in [3.05, 3.63) is 28.8 Å². The third kappa shape index (κ3) is 3.22. The van der Waals surface area contributed by atoms with E-state index in [0.717, 1.165) is 0 Å². The van der Waals surface area contributed by atoms with E-state index in [1.54, 1.807) is 0 Å². The Morgan fingerprint density at radius 1 is 1.05 bits per heavy atom. The Bertz CT molecular complexity index is 542. The van der Waals surface area contributed by atoms with Gasteiger partial charge in [0.25, 0.3) is 0 Å². The zero-order valence-electron chi connectivity index (χ0n) is 10.3. The molecule has 1 aliphatic carbocycles. The van der Waals surface area contributed by atoms with Gasteiger partial charge in [-0.2, -0.15) is 17.6 Å². The van der Waals surface area contributed by atoms with Crippen molar-refractivity contribution >= 4 is 5.97 Å². The second-order valence-corrected chi connectivity index (χ2v) is 4.32. The molecule has 0 atom stereocenters. The molecule has 1 aromatic carbocycles. The molecule has 0 heterocycles. The Kier molecular flexibility index (Phi) is 4.29. The zero-order valence-corrected chi connectivity index (χ0v) is 10.3. The Hall–Kier alpha value is -1.93. The highest BCUT2D eigenvalue weighted by Gasteiger charge is 2.33. The van der Waals surface area contributed by atoms with Gasteiger partial charge in [0.2, 0.25) is 17.4 Å². The normalized spacial score (nSPS) is 14.4. The number of carbonyl (C=O) groups is 1. The maximum absolute atomic E-state index is 13.5. The van der Waals surface area contributed by atoms with Crippen LogP contribution in [0.5, 0.6) is 5.75 Å². The molecule has 1 fully saturated rings. The van der Waals surface area contributed by atoms with Crippen LogP contribution in [0.1, 0.15) is 18.4 Å². The van der Waals surface area contributed by atoms with Crippen molar-refractivity contribution in [2.75, 3.05) is 0 Å². The Morgan fingerprint density at radius 2 is 1.57 bits per heavy atom. The summed E-state index contributed by atoms with van der Waals surface area (Å²) in [5, 5.41) is 0. The second kappa shape index (κ2) is 5.82. The minimum atomic E-state index is -3.66. The van der Waals surface area contributed by atoms with Gasteiger partial charge in [0.05, 0.1) is 11.5 Å². The van der Waals surface area contributed by atoms with Crippen LogP contribution in [0.2, 0.25) is 0 Å². The molecule has 0 spiro atoms. The number of esters is 1. The van der Waals surface area contributed by atoms with E-state index in [0.29, 0.717) is 12.8 Å². The number of carbonyl (C=O) groups excluding carboxylic acids is 1. The van der Waals surface area contributed by atoms with Crippen LogP contribution < -0.4 is 4.74 Å². The number of benzene rings is 1. The molecule has 21 heavy (non-hydrogen) atoms. The third-order valence-corrected chi connectivity index (χ3v) is 2.79. The smallest absolute Gasteiger partial charge is 0.387 e. The van der Waals surface area contributed by atoms with Crippen LogP contribution in [0, 0.1) is 29.2 Å². The molecular weight excluding hydrogens is 306 g/mol. The van der Waals surface area contributed by atoms with E-state index < -0.39 is 53.8 Å². The average molecular weight is 314 g/mol. The highest BCUT2D eigenvalue weighted by molar-refractivity contribution is 5.74. The first-order chi connectivity index (χ1) is 9.82. The van der Waals surface area contributed by atoms with E-state index >= 15 is 0 Å². The van der Waals surface area contributed by atoms with Crippen LogP contribution in [0.3, 0.4) is 0 Å². The van der Waals surface area contributed by atoms with E-state index in [2.05, 4.69) is 9.47 Å². The summed E-state index contributed by atoms with van der Waals surface area (Å²) in [4.78, 5) is 11.2. The van der Waals surface area contributed by atoms with Crippen LogP contribution in [0.15, 0.2) is 0 Å². The van der Waals surface area contributed by atoms with Crippen LogP contribution in [-0.4, -0.2) is 12.6 Å². The summed E-state index contributed by atoms with van der Waals surface area (Å²) in [6, 6.07) is 0. The van der Waals surface area contributed by atoms with Gasteiger partial charge < -0.3 is 9.47 Å². The van der Waals surface area contributed by atoms with Gasteiger partial charge in [-0.05, 0) is 12.8 Å². The van der Waals surface area contributed by atoms with Crippen molar-refractivity contribution in [1.29, 1.82) is 0 Å². The molecule has 1 aliphatic rings. The molecule has 1 saturated carbocycles. The number of ether oxygens (including phenoxy) is 2. The van der Waals surface area contributed by atoms with Gasteiger partial charge >= 0.3 is 12.6 Å². The van der Waals surface area contributed by atoms with E-state index in [1.165, 1.54) is 0 Å². The van der Waals surface area contributed by atoms with Crippen molar-refractivity contribution in [3.8, 4) is 5.75 Å². The summed E-state index contributed by atoms with van der Waals surface area (Å²) in [6.07, 6.45) is 1.13. The number of rotatable bonds is 5. The summed E-state index contributed by atoms with van der Waals surface area (Å²) >= 11 is 0. The molecule has 0 N–H and O–H groups in total. The van der Waals surface area contributed by atoms with Crippen LogP contribution >= 0.6 is 0 Å². The molecular formula is C12H8F6O3. The lowest BCUT2D eigenvalue weighted by atomic mass is 10.1. The molecule has 2 rings (SSSR count). The van der Waals surface area contributed by atoms with Crippen LogP contribution in [0.4, 0.5) is 26.3 Å². The minimum absolute atomic E-state index is 0.382. The average Bonchev–Trinajstić information content (AvgIpc) is 3.25. The highest BCUT2D eigenvalue weighted by atomic mass is 19.3. The van der Waals surface area contributed by atoms with Crippen molar-refractivity contribution in [2.45, 2.75) is 26.1 Å². The SMILES string of the molecule is O=C(OCc1c(F)c(F)c(OC(F)F)c(F)c1F)C1CC1. The first-order valence-electron chi connectivity index (χ1n) is 5.79. The number of hydrogen-bond acceptors (Lipinski definition) is 3. The van der Waals surface area contributed by atoms with E-state index in [4.69, 9.17) is 0 Å². The van der Waals surface area contributed by atoms with E-state index in [9.17, 15) is 31.1 Å². The Balaban J connectivity index is 2.27. The first-order valence-corrected chi connectivity index (χ1v) is 5.79. The van der Waals surface area contributed by atoms with Crippen molar-refractivity contribution < 1.29 is 40.6 Å². The molecule has 0 saturated heterocycles. The molecule has 3 nitrogen and oxygen atoms in total. The monoisotopic (exact) mass is 314 g/mol. The fourth-order valence-electron chi connectivity index (χ4n) is 1.56. The maximum atomic E-state index is 13.5. The van der Waals surface area contributed by atoms with Gasteiger partial charge in [0, 0.05) is 0 Å². The highest BCUT2D eigenvalue weighted by Crippen LogP contribution is 2.33. The molecule has 0 aromatic heterocycles. The van der Waals surface area contributed by atoms with Crippen LogP contribution in [0.25, 0.3) is 0 Å². The predicted molar refractivity (Wildman–Crippen MR) is 55.4 cm³/mol. The van der Waals surface area contributed by atoms with Crippen molar-refractivity contribution in [1.82, 2.24) is 0 Å². The summed E-state index contributed by atoms with van der Waals surface area (Å²) in [7, 11) is 0. The van der Waals surface area contributed by atoms with E-state index in [1.807, 2.05) is 0 Å².